The van der Waals surface area contributed by atoms with E-state index in [1.165, 1.54) is 25.3 Å². The number of anilines is 1. The van der Waals surface area contributed by atoms with Crippen LogP contribution in [0.25, 0.3) is 6.08 Å². The van der Waals surface area contributed by atoms with Gasteiger partial charge in [0.2, 0.25) is 0 Å². The summed E-state index contributed by atoms with van der Waals surface area (Å²) < 4.78 is 15.9. The number of nitrogens with zero attached hydrogens (tertiary/aromatic N) is 1. The van der Waals surface area contributed by atoms with Gasteiger partial charge in [0.15, 0.2) is 23.0 Å². The minimum absolute atomic E-state index is 0.0242. The van der Waals surface area contributed by atoms with Crippen molar-refractivity contribution < 1.29 is 24.1 Å². The quantitative estimate of drug-likeness (QED) is 0.648. The van der Waals surface area contributed by atoms with Crippen LogP contribution in [0.2, 0.25) is 0 Å². The molecule has 1 heterocycles. The monoisotopic (exact) mass is 352 g/mol. The topological polar surface area (TPSA) is 101 Å². The number of hydrogen-bond acceptors (Lipinski definition) is 6. The Morgan fingerprint density at radius 1 is 1.23 bits per heavy atom. The summed E-state index contributed by atoms with van der Waals surface area (Å²) in [5, 5.41) is 21.6. The molecule has 132 valence electrons. The van der Waals surface area contributed by atoms with Crippen molar-refractivity contribution in [3.8, 4) is 29.1 Å². The number of fused-ring (bicyclic) bond motifs is 1. The smallest absolute Gasteiger partial charge is 0.266 e. The van der Waals surface area contributed by atoms with Gasteiger partial charge in [-0.1, -0.05) is 6.07 Å². The first-order valence-corrected chi connectivity index (χ1v) is 7.80. The number of rotatable bonds is 4. The lowest BCUT2D eigenvalue weighted by Crippen LogP contribution is -2.17. The Hall–Kier alpha value is -3.66. The summed E-state index contributed by atoms with van der Waals surface area (Å²) >= 11 is 0. The van der Waals surface area contributed by atoms with Crippen molar-refractivity contribution in [3.63, 3.8) is 0 Å². The maximum absolute atomic E-state index is 12.4. The maximum Gasteiger partial charge on any atom is 0.266 e. The second-order valence-electron chi connectivity index (χ2n) is 5.41. The fourth-order valence-electron chi connectivity index (χ4n) is 2.42. The van der Waals surface area contributed by atoms with Crippen molar-refractivity contribution in [1.82, 2.24) is 0 Å². The van der Waals surface area contributed by atoms with Crippen LogP contribution in [0.3, 0.4) is 0 Å². The summed E-state index contributed by atoms with van der Waals surface area (Å²) in [7, 11) is 1.42. The normalized spacial score (nSPS) is 12.8. The van der Waals surface area contributed by atoms with E-state index in [-0.39, 0.29) is 17.1 Å². The highest BCUT2D eigenvalue weighted by molar-refractivity contribution is 6.09. The summed E-state index contributed by atoms with van der Waals surface area (Å²) in [5.74, 6) is 0.824. The molecule has 0 fully saturated rings. The number of carbonyl (C=O) groups excluding carboxylic acids is 1. The number of benzene rings is 2. The molecule has 26 heavy (non-hydrogen) atoms. The van der Waals surface area contributed by atoms with E-state index in [0.29, 0.717) is 36.0 Å². The Kier molecular flexibility index (Phi) is 4.94. The molecule has 2 aromatic rings. The van der Waals surface area contributed by atoms with E-state index in [4.69, 9.17) is 14.2 Å². The van der Waals surface area contributed by atoms with Gasteiger partial charge in [-0.25, -0.2) is 0 Å². The Bertz CT molecular complexity index is 915. The van der Waals surface area contributed by atoms with Crippen LogP contribution < -0.4 is 19.5 Å². The first-order valence-electron chi connectivity index (χ1n) is 7.80. The molecule has 2 aromatic carbocycles. The third kappa shape index (κ3) is 3.70. The molecular formula is C19H16N2O5. The molecule has 7 nitrogen and oxygen atoms in total. The van der Waals surface area contributed by atoms with Crippen molar-refractivity contribution in [2.24, 2.45) is 0 Å². The highest BCUT2D eigenvalue weighted by atomic mass is 16.6. The number of ether oxygens (including phenoxy) is 3. The van der Waals surface area contributed by atoms with Crippen LogP contribution in [0, 0.1) is 11.3 Å². The molecular weight excluding hydrogens is 336 g/mol. The van der Waals surface area contributed by atoms with Crippen LogP contribution in [0.1, 0.15) is 5.56 Å². The minimum Gasteiger partial charge on any atom is -0.504 e. The molecule has 1 aliphatic heterocycles. The molecule has 0 bridgehead atoms. The van der Waals surface area contributed by atoms with Gasteiger partial charge in [-0.3, -0.25) is 4.79 Å². The molecule has 0 radical (unpaired) electrons. The zero-order valence-electron chi connectivity index (χ0n) is 14.0. The lowest BCUT2D eigenvalue weighted by atomic mass is 10.1. The Morgan fingerprint density at radius 2 is 2.00 bits per heavy atom. The standard InChI is InChI=1S/C19H16N2O5/c1-24-17-9-12(2-4-15(17)22)8-13(11-20)19(23)21-14-3-5-16-18(10-14)26-7-6-25-16/h2-5,8-10,22H,6-7H2,1H3,(H,21,23)/b13-8-. The Morgan fingerprint density at radius 3 is 2.73 bits per heavy atom. The summed E-state index contributed by atoms with van der Waals surface area (Å²) in [5.41, 5.74) is 0.949. The average molecular weight is 352 g/mol. The summed E-state index contributed by atoms with van der Waals surface area (Å²) in [6.07, 6.45) is 1.41. The predicted octanol–water partition coefficient (Wildman–Crippen LogP) is 2.72. The number of phenols is 1. The highest BCUT2D eigenvalue weighted by Gasteiger charge is 2.15. The molecule has 0 aliphatic carbocycles. The van der Waals surface area contributed by atoms with Crippen molar-refractivity contribution in [1.29, 1.82) is 5.26 Å². The van der Waals surface area contributed by atoms with Crippen LogP contribution in [-0.4, -0.2) is 31.3 Å². The first kappa shape index (κ1) is 17.2. The number of methoxy groups -OCH3 is 1. The second-order valence-corrected chi connectivity index (χ2v) is 5.41. The van der Waals surface area contributed by atoms with E-state index in [2.05, 4.69) is 5.32 Å². The largest absolute Gasteiger partial charge is 0.504 e. The Balaban J connectivity index is 1.80. The van der Waals surface area contributed by atoms with Crippen LogP contribution in [0.5, 0.6) is 23.0 Å². The molecule has 2 N–H and O–H groups in total. The van der Waals surface area contributed by atoms with Crippen molar-refractivity contribution in [3.05, 3.63) is 47.5 Å². The van der Waals surface area contributed by atoms with Gasteiger partial charge in [0, 0.05) is 11.8 Å². The average Bonchev–Trinajstić information content (AvgIpc) is 2.67. The van der Waals surface area contributed by atoms with Crippen LogP contribution in [0.15, 0.2) is 42.0 Å². The summed E-state index contributed by atoms with van der Waals surface area (Å²) in [6.45, 7) is 0.923. The molecule has 0 spiro atoms. The van der Waals surface area contributed by atoms with Crippen molar-refractivity contribution in [2.45, 2.75) is 0 Å². The second kappa shape index (κ2) is 7.49. The highest BCUT2D eigenvalue weighted by Crippen LogP contribution is 2.33. The van der Waals surface area contributed by atoms with E-state index >= 15 is 0 Å². The van der Waals surface area contributed by atoms with Gasteiger partial charge >= 0.3 is 0 Å². The predicted molar refractivity (Wildman–Crippen MR) is 94.3 cm³/mol. The van der Waals surface area contributed by atoms with Gasteiger partial charge in [-0.2, -0.15) is 5.26 Å². The fourth-order valence-corrected chi connectivity index (χ4v) is 2.42. The summed E-state index contributed by atoms with van der Waals surface area (Å²) in [4.78, 5) is 12.4. The van der Waals surface area contributed by atoms with E-state index in [9.17, 15) is 15.2 Å². The van der Waals surface area contributed by atoms with E-state index in [0.717, 1.165) is 0 Å². The zero-order chi connectivity index (χ0) is 18.5. The fraction of sp³-hybridized carbons (Fsp3) is 0.158. The zero-order valence-corrected chi connectivity index (χ0v) is 14.0. The number of nitrogens with one attached hydrogen (secondary N) is 1. The van der Waals surface area contributed by atoms with Gasteiger partial charge in [0.05, 0.1) is 7.11 Å². The summed E-state index contributed by atoms with van der Waals surface area (Å²) in [6, 6.07) is 11.4. The molecule has 1 amide bonds. The molecule has 0 unspecified atom stereocenters. The molecule has 0 saturated heterocycles. The van der Waals surface area contributed by atoms with Gasteiger partial charge < -0.3 is 24.6 Å². The van der Waals surface area contributed by atoms with Crippen LogP contribution in [-0.2, 0) is 4.79 Å². The number of carbonyl (C=O) groups is 1. The minimum atomic E-state index is -0.559. The van der Waals surface area contributed by atoms with Gasteiger partial charge in [0.1, 0.15) is 24.9 Å². The first-order chi connectivity index (χ1) is 12.6. The molecule has 1 aliphatic rings. The lowest BCUT2D eigenvalue weighted by molar-refractivity contribution is -0.112. The lowest BCUT2D eigenvalue weighted by Gasteiger charge is -2.18. The number of phenolic OH excluding ortho intramolecular Hbond substituents is 1. The van der Waals surface area contributed by atoms with Crippen molar-refractivity contribution >= 4 is 17.7 Å². The molecule has 0 aromatic heterocycles. The van der Waals surface area contributed by atoms with E-state index in [1.54, 1.807) is 24.3 Å². The van der Waals surface area contributed by atoms with Crippen molar-refractivity contribution in [2.75, 3.05) is 25.6 Å². The van der Waals surface area contributed by atoms with Gasteiger partial charge in [-0.15, -0.1) is 0 Å². The number of amides is 1. The van der Waals surface area contributed by atoms with E-state index < -0.39 is 5.91 Å². The molecule has 0 saturated carbocycles. The Labute approximate surface area is 150 Å². The SMILES string of the molecule is COc1cc(/C=C(/C#N)C(=O)Nc2ccc3c(c2)OCCO3)ccc1O. The molecule has 0 atom stereocenters. The number of aromatic hydroxyl groups is 1. The maximum atomic E-state index is 12.4. The van der Waals surface area contributed by atoms with Gasteiger partial charge in [0.25, 0.3) is 5.91 Å². The van der Waals surface area contributed by atoms with Crippen LogP contribution >= 0.6 is 0 Å². The third-order valence-electron chi connectivity index (χ3n) is 3.68. The van der Waals surface area contributed by atoms with E-state index in [1.807, 2.05) is 6.07 Å². The third-order valence-corrected chi connectivity index (χ3v) is 3.68. The molecule has 7 heteroatoms. The number of nitriles is 1. The van der Waals surface area contributed by atoms with Gasteiger partial charge in [-0.05, 0) is 35.9 Å². The molecule has 3 rings (SSSR count). The van der Waals surface area contributed by atoms with Crippen LogP contribution in [0.4, 0.5) is 5.69 Å². The number of hydrogen-bond donors (Lipinski definition) is 2.